The lowest BCUT2D eigenvalue weighted by Gasteiger charge is -2.63. The van der Waals surface area contributed by atoms with Crippen molar-refractivity contribution in [2.75, 3.05) is 59.3 Å². The Labute approximate surface area is 878 Å². The summed E-state index contributed by atoms with van der Waals surface area (Å²) in [6.45, 7) is 28.6. The summed E-state index contributed by atoms with van der Waals surface area (Å²) in [5, 5.41) is 0. The van der Waals surface area contributed by atoms with Gasteiger partial charge in [-0.3, -0.25) is 0 Å². The lowest BCUT2D eigenvalue weighted by atomic mass is 9.50. The van der Waals surface area contributed by atoms with Gasteiger partial charge in [0.05, 0.1) is 19.6 Å². The zero-order chi connectivity index (χ0) is 104. The SMILES string of the molecule is CC(F)(F)C(=O)OC12CC3CC(C1)C1(OCC(F)(F)C(F)(F)CO1)C(C3)C2.CC(F)(F)C(=O)OC12CC3CC(C1)C1(OCC(F)(F)C(F)(F)CO1)C(C3)C2.CC[NH+](CC)CC.Cc1cc(OCc2ccc(OCC(=O)OC3(C)C4CC5CC(C4)CC3C5)cc2)ccc1[I+]c1ccc(C(C)(C)C)cc1.Cc1cc(OCc2ccc(OCC(=O)OC3(C)C4CC5CC(C4)CC3C5)cc2)ccc1[I+]c1ccc(C(C)(C)C)cc1.[Cl-]. The van der Waals surface area contributed by atoms with Crippen molar-refractivity contribution in [2.24, 2.45) is 82.9 Å². The van der Waals surface area contributed by atoms with E-state index in [-0.39, 0.29) is 140 Å². The van der Waals surface area contributed by atoms with Crippen molar-refractivity contribution < 1.29 is 188 Å². The summed E-state index contributed by atoms with van der Waals surface area (Å²) in [6.07, 6.45) is 15.5. The lowest BCUT2D eigenvalue weighted by molar-refractivity contribution is -0.894. The van der Waals surface area contributed by atoms with E-state index in [1.165, 1.54) is 120 Å². The van der Waals surface area contributed by atoms with Crippen LogP contribution in [0.25, 0.3) is 0 Å². The second-order valence-corrected chi connectivity index (χ2v) is 52.6. The summed E-state index contributed by atoms with van der Waals surface area (Å²) in [5.74, 6) is -25.5. The van der Waals surface area contributed by atoms with Gasteiger partial charge in [0.1, 0.15) is 85.0 Å². The van der Waals surface area contributed by atoms with Crippen molar-refractivity contribution in [1.82, 2.24) is 0 Å². The molecule has 18 aliphatic rings. The van der Waals surface area contributed by atoms with Crippen LogP contribution in [0.2, 0.25) is 0 Å². The number of carbonyl (C=O) groups is 4. The van der Waals surface area contributed by atoms with Crippen molar-refractivity contribution >= 4 is 23.9 Å². The van der Waals surface area contributed by atoms with Gasteiger partial charge in [0.25, 0.3) is 0 Å². The van der Waals surface area contributed by atoms with Crippen LogP contribution in [0, 0.1) is 111 Å². The van der Waals surface area contributed by atoms with Crippen LogP contribution >= 0.6 is 0 Å². The van der Waals surface area contributed by atoms with E-state index in [0.717, 1.165) is 46.3 Å². The number of rotatable bonds is 25. The molecule has 1 N–H and O–H groups in total. The predicted molar refractivity (Wildman–Crippen MR) is 511 cm³/mol. The molecule has 16 saturated carbocycles. The minimum absolute atomic E-state index is 0. The molecule has 2 spiro atoms. The minimum atomic E-state index is -4.36. The Hall–Kier alpha value is -6.89. The normalized spacial score (nSPS) is 30.9. The summed E-state index contributed by atoms with van der Waals surface area (Å²) >= 11 is -0.473. The van der Waals surface area contributed by atoms with E-state index in [0.29, 0.717) is 101 Å². The van der Waals surface area contributed by atoms with Gasteiger partial charge in [-0.15, -0.1) is 0 Å². The maximum atomic E-state index is 13.7. The first kappa shape index (κ1) is 113. The highest BCUT2D eigenvalue weighted by molar-refractivity contribution is 5.78. The molecule has 4 unspecified atom stereocenters. The van der Waals surface area contributed by atoms with E-state index in [9.17, 15) is 71.9 Å². The number of halogens is 15. The number of benzene rings is 6. The first-order chi connectivity index (χ1) is 68.0. The highest BCUT2D eigenvalue weighted by Crippen LogP contribution is 2.67. The minimum Gasteiger partial charge on any atom is -1.00 e. The van der Waals surface area contributed by atoms with Gasteiger partial charge in [-0.25, -0.2) is 19.2 Å². The van der Waals surface area contributed by atoms with Gasteiger partial charge in [0.15, 0.2) is 39.1 Å². The van der Waals surface area contributed by atoms with Gasteiger partial charge in [-0.05, 0) is 354 Å². The zero-order valence-electron chi connectivity index (χ0n) is 86.4. The first-order valence-electron chi connectivity index (χ1n) is 52.0. The molecular formula is C114H144ClF12I2NO16+2. The van der Waals surface area contributed by atoms with Crippen LogP contribution in [0.1, 0.15) is 252 Å². The molecule has 24 rings (SSSR count). The van der Waals surface area contributed by atoms with Crippen molar-refractivity contribution in [3.05, 3.63) is 181 Å². The third-order valence-electron chi connectivity index (χ3n) is 34.0. The lowest BCUT2D eigenvalue weighted by Crippen LogP contribution is -3.61. The fourth-order valence-electron chi connectivity index (χ4n) is 26.5. The molecule has 16 aliphatic carbocycles. The molecule has 2 aliphatic heterocycles. The zero-order valence-corrected chi connectivity index (χ0v) is 91.5. The van der Waals surface area contributed by atoms with Crippen LogP contribution in [0.15, 0.2) is 133 Å². The molecule has 6 aromatic rings. The average Bonchev–Trinajstić information content (AvgIpc) is 1.30. The molecule has 2 heterocycles. The molecule has 6 aromatic carbocycles. The third-order valence-corrected chi connectivity index (χ3v) is 40.3. The Morgan fingerprint density at radius 2 is 0.630 bits per heavy atom. The summed E-state index contributed by atoms with van der Waals surface area (Å²) in [6, 6.07) is 46.7. The quantitative estimate of drug-likeness (QED) is 0.0247. The average molecular weight is 2300 g/mol. The number of aryl methyl sites for hydroxylation is 2. The van der Waals surface area contributed by atoms with Crippen LogP contribution in [0.5, 0.6) is 23.0 Å². The summed E-state index contributed by atoms with van der Waals surface area (Å²) in [5.41, 5.74) is 4.84. The van der Waals surface area contributed by atoms with Crippen molar-refractivity contribution in [3.8, 4) is 23.0 Å². The van der Waals surface area contributed by atoms with E-state index >= 15 is 0 Å². The van der Waals surface area contributed by atoms with Gasteiger partial charge >= 0.3 is 102 Å². The van der Waals surface area contributed by atoms with Crippen molar-refractivity contribution in [1.29, 1.82) is 0 Å². The van der Waals surface area contributed by atoms with E-state index in [1.54, 1.807) is 4.90 Å². The molecule has 32 heteroatoms. The highest BCUT2D eigenvalue weighted by atomic mass is 127. The van der Waals surface area contributed by atoms with E-state index in [2.05, 4.69) is 175 Å². The molecule has 804 valence electrons. The van der Waals surface area contributed by atoms with Crippen molar-refractivity contribution in [2.45, 2.75) is 326 Å². The molecule has 0 radical (unpaired) electrons. The third kappa shape index (κ3) is 25.3. The number of nitrogens with one attached hydrogen (secondary N) is 1. The molecule has 146 heavy (non-hydrogen) atoms. The van der Waals surface area contributed by atoms with Crippen LogP contribution in [-0.4, -0.2) is 153 Å². The number of ether oxygens (including phenoxy) is 12. The highest BCUT2D eigenvalue weighted by Gasteiger charge is 2.73. The Kier molecular flexibility index (Phi) is 34.1. The predicted octanol–water partition coefficient (Wildman–Crippen LogP) is 14.8. The smallest absolute Gasteiger partial charge is 0.377 e. The monoisotopic (exact) mass is 2300 g/mol. The number of hydrogen-bond donors (Lipinski definition) is 1. The number of hydrogen-bond acceptors (Lipinski definition) is 16. The maximum Gasteiger partial charge on any atom is 0.377 e. The van der Waals surface area contributed by atoms with E-state index < -0.39 is 120 Å². The standard InChI is InChI=1S/2C37H44IO4.2C17H20F6O4.C6H15N.ClH/c2*1-24-16-33(14-15-34(24)38-31-10-8-28(9-11-31)36(2,3)4)40-22-25-6-12-32(13-7-25)41-23-35(39)42-37(5)29-18-26-17-27(20-29)21-30(37)19-26;2*1-13(18,19)12(24)27-14-4-9-2-10(5-14)17(11(3-9)6-14)25-7-15(20,21)16(22,23)8-26-17;1-4-7(5-2)6-3;/h2*6-16,26-27,29-30H,17-23H2,1-5H3;2*9-11H,2-8H2,1H3;4-6H2,1-3H3;1H/q2*+1;;;;. The molecule has 2 saturated heterocycles. The second-order valence-electron chi connectivity index (χ2n) is 46.7. The molecular weight excluding hydrogens is 2160 g/mol. The molecule has 17 nitrogen and oxygen atoms in total. The molecule has 4 atom stereocenters. The fraction of sp³-hybridized carbons (Fsp3) is 0.649. The number of quaternary nitrogens is 1. The Bertz CT molecular complexity index is 5050. The van der Waals surface area contributed by atoms with Gasteiger partial charge in [0.2, 0.25) is 0 Å². The number of carbonyl (C=O) groups excluding carboxylic acids is 4. The summed E-state index contributed by atoms with van der Waals surface area (Å²) in [7, 11) is 0. The summed E-state index contributed by atoms with van der Waals surface area (Å²) in [4.78, 5) is 50.7. The number of alkyl halides is 12. The van der Waals surface area contributed by atoms with Crippen LogP contribution in [-0.2, 0) is 81.1 Å². The van der Waals surface area contributed by atoms with Gasteiger partial charge in [-0.1, -0.05) is 90.1 Å². The Balaban J connectivity index is 0.000000145. The fourth-order valence-corrected chi connectivity index (χ4v) is 31.2. The summed E-state index contributed by atoms with van der Waals surface area (Å²) < 4.78 is 236. The topological polar surface area (TPSA) is 183 Å². The van der Waals surface area contributed by atoms with Gasteiger partial charge < -0.3 is 74.1 Å². The van der Waals surface area contributed by atoms with E-state index in [4.69, 9.17) is 56.8 Å². The number of esters is 4. The molecule has 0 amide bonds. The largest absolute Gasteiger partial charge is 1.00 e. The Morgan fingerprint density at radius 3 is 0.884 bits per heavy atom. The van der Waals surface area contributed by atoms with Gasteiger partial charge in [0, 0.05) is 48.6 Å². The van der Waals surface area contributed by atoms with Gasteiger partial charge in [-0.2, -0.15) is 52.7 Å². The second kappa shape index (κ2) is 43.9. The van der Waals surface area contributed by atoms with Crippen LogP contribution in [0.4, 0.5) is 52.7 Å². The Morgan fingerprint density at radius 1 is 0.356 bits per heavy atom. The molecule has 18 fully saturated rings. The maximum absolute atomic E-state index is 13.7. The first-order valence-corrected chi connectivity index (χ1v) is 56.3. The molecule has 0 aromatic heterocycles. The van der Waals surface area contributed by atoms with E-state index in [1.807, 2.05) is 48.5 Å². The van der Waals surface area contributed by atoms with Crippen LogP contribution in [0.3, 0.4) is 0 Å². The van der Waals surface area contributed by atoms with Crippen LogP contribution < -0.4 is 78.7 Å². The van der Waals surface area contributed by atoms with Crippen molar-refractivity contribution in [3.63, 3.8) is 0 Å². The molecule has 16 bridgehead atoms.